The Hall–Kier alpha value is -1.69. The van der Waals surface area contributed by atoms with Gasteiger partial charge in [-0.25, -0.2) is 4.79 Å². The molecule has 0 atom stereocenters. The molecule has 0 aromatic heterocycles. The van der Waals surface area contributed by atoms with Crippen molar-refractivity contribution in [2.75, 3.05) is 5.32 Å². The first-order valence-corrected chi connectivity index (χ1v) is 6.82. The molecule has 7 heteroatoms. The van der Waals surface area contributed by atoms with Crippen molar-refractivity contribution in [1.29, 1.82) is 0 Å². The summed E-state index contributed by atoms with van der Waals surface area (Å²) in [6.45, 7) is 6.08. The van der Waals surface area contributed by atoms with E-state index in [4.69, 9.17) is 16.3 Å². The smallest absolute Gasteiger partial charge is 0.413 e. The number of hydrogen-bond acceptors (Lipinski definition) is 2. The molecule has 0 aliphatic rings. The molecule has 0 heterocycles. The number of ether oxygens (including phenoxy) is 1. The Labute approximate surface area is 132 Å². The third-order valence-corrected chi connectivity index (χ3v) is 3.04. The topological polar surface area (TPSA) is 38.3 Å². The number of carbonyl (C=O) groups excluding carboxylic acids is 1. The van der Waals surface area contributed by atoms with Crippen molar-refractivity contribution in [1.82, 2.24) is 0 Å². The fraction of sp³-hybridized carbons (Fsp3) is 0.400. The Morgan fingerprint density at radius 2 is 1.64 bits per heavy atom. The standard InChI is InChI=1S/C15H17ClF3NO2/c1-9(15(17,18)19)12(16)10-5-7-11(8-6-10)20-13(21)22-14(2,3)4/h5-8H,1-4H3,(H,20,21)/b12-9-. The number of carbonyl (C=O) groups is 1. The number of amides is 1. The summed E-state index contributed by atoms with van der Waals surface area (Å²) in [7, 11) is 0. The van der Waals surface area contributed by atoms with Gasteiger partial charge in [-0.15, -0.1) is 0 Å². The Bertz CT molecular complexity index is 572. The minimum absolute atomic E-state index is 0.214. The molecule has 0 saturated carbocycles. The number of hydrogen-bond donors (Lipinski definition) is 1. The van der Waals surface area contributed by atoms with Gasteiger partial charge in [-0.2, -0.15) is 13.2 Å². The normalized spacial score (nSPS) is 13.5. The molecular weight excluding hydrogens is 319 g/mol. The van der Waals surface area contributed by atoms with E-state index in [1.807, 2.05) is 0 Å². The second kappa shape index (κ2) is 6.60. The molecule has 22 heavy (non-hydrogen) atoms. The van der Waals surface area contributed by atoms with Crippen LogP contribution >= 0.6 is 11.6 Å². The van der Waals surface area contributed by atoms with Gasteiger partial charge in [0.25, 0.3) is 0 Å². The fourth-order valence-corrected chi connectivity index (χ4v) is 1.70. The molecule has 0 bridgehead atoms. The molecule has 0 spiro atoms. The van der Waals surface area contributed by atoms with E-state index in [9.17, 15) is 18.0 Å². The van der Waals surface area contributed by atoms with E-state index in [2.05, 4.69) is 5.32 Å². The Morgan fingerprint density at radius 1 is 1.14 bits per heavy atom. The zero-order chi connectivity index (χ0) is 17.1. The van der Waals surface area contributed by atoms with Gasteiger partial charge in [0.1, 0.15) is 5.60 Å². The molecule has 1 aromatic carbocycles. The van der Waals surface area contributed by atoms with Crippen molar-refractivity contribution in [2.24, 2.45) is 0 Å². The zero-order valence-corrected chi connectivity index (χ0v) is 13.4. The largest absolute Gasteiger partial charge is 0.444 e. The van der Waals surface area contributed by atoms with Gasteiger partial charge < -0.3 is 4.74 Å². The number of allylic oxidation sites excluding steroid dienone is 1. The predicted molar refractivity (Wildman–Crippen MR) is 80.8 cm³/mol. The molecule has 1 N–H and O–H groups in total. The van der Waals surface area contributed by atoms with Gasteiger partial charge in [0.15, 0.2) is 0 Å². The second-order valence-corrected chi connectivity index (χ2v) is 6.02. The number of rotatable bonds is 2. The highest BCUT2D eigenvalue weighted by Crippen LogP contribution is 2.34. The summed E-state index contributed by atoms with van der Waals surface area (Å²) in [5.41, 5.74) is -0.903. The maximum absolute atomic E-state index is 12.6. The number of nitrogens with one attached hydrogen (secondary N) is 1. The van der Waals surface area contributed by atoms with Crippen LogP contribution in [-0.4, -0.2) is 17.9 Å². The van der Waals surface area contributed by atoms with Crippen LogP contribution in [0, 0.1) is 0 Å². The molecule has 0 aliphatic heterocycles. The van der Waals surface area contributed by atoms with Crippen molar-refractivity contribution < 1.29 is 22.7 Å². The zero-order valence-electron chi connectivity index (χ0n) is 12.6. The summed E-state index contributed by atoms with van der Waals surface area (Å²) >= 11 is 5.73. The number of anilines is 1. The highest BCUT2D eigenvalue weighted by molar-refractivity contribution is 6.49. The lowest BCUT2D eigenvalue weighted by atomic mass is 10.1. The lowest BCUT2D eigenvalue weighted by Crippen LogP contribution is -2.27. The minimum Gasteiger partial charge on any atom is -0.444 e. The first-order valence-electron chi connectivity index (χ1n) is 6.44. The van der Waals surface area contributed by atoms with Gasteiger partial charge in [0.2, 0.25) is 0 Å². The third kappa shape index (κ3) is 5.60. The summed E-state index contributed by atoms with van der Waals surface area (Å²) in [4.78, 5) is 11.6. The average Bonchev–Trinajstić information content (AvgIpc) is 2.34. The van der Waals surface area contributed by atoms with Crippen LogP contribution < -0.4 is 5.32 Å². The predicted octanol–water partition coefficient (Wildman–Crippen LogP) is 5.57. The summed E-state index contributed by atoms with van der Waals surface area (Å²) < 4.78 is 42.8. The second-order valence-electron chi connectivity index (χ2n) is 5.64. The van der Waals surface area contributed by atoms with E-state index < -0.39 is 23.4 Å². The van der Waals surface area contributed by atoms with Crippen molar-refractivity contribution >= 4 is 28.4 Å². The lowest BCUT2D eigenvalue weighted by Gasteiger charge is -2.19. The van der Waals surface area contributed by atoms with Crippen LogP contribution in [0.25, 0.3) is 5.03 Å². The molecular formula is C15H17ClF3NO2. The quantitative estimate of drug-likeness (QED) is 0.767. The summed E-state index contributed by atoms with van der Waals surface area (Å²) in [5.74, 6) is 0. The van der Waals surface area contributed by atoms with Gasteiger partial charge in [0.05, 0.1) is 5.03 Å². The summed E-state index contributed by atoms with van der Waals surface area (Å²) in [6, 6.07) is 5.69. The molecule has 0 fully saturated rings. The number of benzene rings is 1. The van der Waals surface area contributed by atoms with Crippen molar-refractivity contribution in [3.63, 3.8) is 0 Å². The number of alkyl halides is 3. The van der Waals surface area contributed by atoms with Crippen molar-refractivity contribution in [2.45, 2.75) is 39.5 Å². The minimum atomic E-state index is -4.48. The molecule has 0 aliphatic carbocycles. The average molecular weight is 336 g/mol. The van der Waals surface area contributed by atoms with Crippen LogP contribution in [-0.2, 0) is 4.74 Å². The van der Waals surface area contributed by atoms with Crippen LogP contribution in [0.5, 0.6) is 0 Å². The molecule has 1 aromatic rings. The highest BCUT2D eigenvalue weighted by atomic mass is 35.5. The molecule has 3 nitrogen and oxygen atoms in total. The van der Waals surface area contributed by atoms with Gasteiger partial charge in [-0.3, -0.25) is 5.32 Å². The number of halogens is 4. The van der Waals surface area contributed by atoms with E-state index in [1.165, 1.54) is 24.3 Å². The SMILES string of the molecule is C/C(=C(/Cl)c1ccc(NC(=O)OC(C)(C)C)cc1)C(F)(F)F. The molecule has 0 saturated heterocycles. The lowest BCUT2D eigenvalue weighted by molar-refractivity contribution is -0.0905. The van der Waals surface area contributed by atoms with Gasteiger partial charge >= 0.3 is 12.3 Å². The van der Waals surface area contributed by atoms with Crippen LogP contribution in [0.4, 0.5) is 23.7 Å². The Morgan fingerprint density at radius 3 is 2.05 bits per heavy atom. The summed E-state index contributed by atoms with van der Waals surface area (Å²) in [6.07, 6.45) is -5.13. The van der Waals surface area contributed by atoms with Gasteiger partial charge in [0, 0.05) is 11.3 Å². The molecule has 1 amide bonds. The Balaban J connectivity index is 2.86. The summed E-state index contributed by atoms with van der Waals surface area (Å²) in [5, 5.41) is 2.10. The first-order chi connectivity index (χ1) is 9.90. The van der Waals surface area contributed by atoms with Crippen molar-refractivity contribution in [3.05, 3.63) is 35.4 Å². The van der Waals surface area contributed by atoms with Crippen LogP contribution in [0.15, 0.2) is 29.8 Å². The van der Waals surface area contributed by atoms with Crippen LogP contribution in [0.3, 0.4) is 0 Å². The Kier molecular flexibility index (Phi) is 5.51. The highest BCUT2D eigenvalue weighted by Gasteiger charge is 2.32. The fourth-order valence-electron chi connectivity index (χ4n) is 1.46. The van der Waals surface area contributed by atoms with E-state index in [-0.39, 0.29) is 10.6 Å². The third-order valence-electron chi connectivity index (χ3n) is 2.54. The molecule has 1 rings (SSSR count). The van der Waals surface area contributed by atoms with E-state index in [0.29, 0.717) is 5.69 Å². The van der Waals surface area contributed by atoms with Gasteiger partial charge in [-0.1, -0.05) is 23.7 Å². The molecule has 122 valence electrons. The monoisotopic (exact) mass is 335 g/mol. The molecule has 0 unspecified atom stereocenters. The molecule has 0 radical (unpaired) electrons. The maximum atomic E-state index is 12.6. The van der Waals surface area contributed by atoms with Crippen molar-refractivity contribution in [3.8, 4) is 0 Å². The van der Waals surface area contributed by atoms with E-state index in [0.717, 1.165) is 6.92 Å². The van der Waals surface area contributed by atoms with Crippen LogP contribution in [0.2, 0.25) is 0 Å². The maximum Gasteiger partial charge on any atom is 0.413 e. The van der Waals surface area contributed by atoms with E-state index >= 15 is 0 Å². The van der Waals surface area contributed by atoms with Crippen LogP contribution in [0.1, 0.15) is 33.3 Å². The van der Waals surface area contributed by atoms with Gasteiger partial charge in [-0.05, 0) is 45.4 Å². The first kappa shape index (κ1) is 18.4. The van der Waals surface area contributed by atoms with E-state index in [1.54, 1.807) is 20.8 Å².